The van der Waals surface area contributed by atoms with Crippen molar-refractivity contribution in [3.63, 3.8) is 0 Å². The van der Waals surface area contributed by atoms with Crippen LogP contribution in [0.15, 0.2) is 0 Å². The molecule has 2 aliphatic heterocycles. The molecular weight excluding hydrogens is 424 g/mol. The Kier molecular flexibility index (Phi) is 7.87. The topological polar surface area (TPSA) is 102 Å². The third-order valence-corrected chi connectivity index (χ3v) is 8.44. The molecule has 2 saturated heterocycles. The van der Waals surface area contributed by atoms with Crippen molar-refractivity contribution in [2.45, 2.75) is 123 Å². The van der Waals surface area contributed by atoms with Crippen molar-refractivity contribution < 1.29 is 34.0 Å². The van der Waals surface area contributed by atoms with Crippen molar-refractivity contribution in [2.24, 2.45) is 29.6 Å². The van der Waals surface area contributed by atoms with Crippen LogP contribution in [0.4, 0.5) is 0 Å². The molecule has 2 bridgehead atoms. The van der Waals surface area contributed by atoms with Crippen LogP contribution in [0.3, 0.4) is 0 Å². The van der Waals surface area contributed by atoms with E-state index in [1.807, 2.05) is 27.7 Å². The van der Waals surface area contributed by atoms with Gasteiger partial charge in [0.2, 0.25) is 0 Å². The zero-order valence-corrected chi connectivity index (χ0v) is 21.4. The smallest absolute Gasteiger partial charge is 0.306 e. The molecule has 7 heteroatoms. The van der Waals surface area contributed by atoms with Crippen molar-refractivity contribution in [1.29, 1.82) is 0 Å². The highest BCUT2D eigenvalue weighted by molar-refractivity contribution is 5.70. The van der Waals surface area contributed by atoms with E-state index in [-0.39, 0.29) is 47.6 Å². The maximum Gasteiger partial charge on any atom is 0.306 e. The molecule has 0 unspecified atom stereocenters. The van der Waals surface area contributed by atoms with E-state index in [2.05, 4.69) is 13.8 Å². The highest BCUT2D eigenvalue weighted by Gasteiger charge is 2.66. The molecule has 33 heavy (non-hydrogen) atoms. The second kappa shape index (κ2) is 9.82. The number of aliphatic hydroxyl groups excluding tert-OH is 2. The summed E-state index contributed by atoms with van der Waals surface area (Å²) in [6.07, 6.45) is 1.02. The van der Waals surface area contributed by atoms with Gasteiger partial charge in [0, 0.05) is 31.6 Å². The van der Waals surface area contributed by atoms with E-state index in [1.54, 1.807) is 0 Å². The van der Waals surface area contributed by atoms with E-state index >= 15 is 0 Å². The van der Waals surface area contributed by atoms with Crippen molar-refractivity contribution >= 4 is 11.9 Å². The molecule has 190 valence electrons. The monoisotopic (exact) mass is 468 g/mol. The highest BCUT2D eigenvalue weighted by Crippen LogP contribution is 2.58. The number of esters is 2. The van der Waals surface area contributed by atoms with Crippen LogP contribution in [0.25, 0.3) is 0 Å². The van der Waals surface area contributed by atoms with E-state index < -0.39 is 29.5 Å². The van der Waals surface area contributed by atoms with E-state index in [4.69, 9.17) is 14.2 Å². The van der Waals surface area contributed by atoms with Gasteiger partial charge < -0.3 is 24.4 Å². The maximum atomic E-state index is 12.7. The minimum atomic E-state index is -0.948. The fraction of sp³-hybridized carbons (Fsp3) is 0.923. The van der Waals surface area contributed by atoms with Crippen LogP contribution < -0.4 is 0 Å². The van der Waals surface area contributed by atoms with E-state index in [0.29, 0.717) is 38.5 Å². The van der Waals surface area contributed by atoms with E-state index in [9.17, 15) is 19.8 Å². The summed E-state index contributed by atoms with van der Waals surface area (Å²) in [4.78, 5) is 24.8. The van der Waals surface area contributed by atoms with Crippen LogP contribution in [0, 0.1) is 29.6 Å². The second-order valence-corrected chi connectivity index (χ2v) is 11.6. The molecule has 3 fully saturated rings. The highest BCUT2D eigenvalue weighted by atomic mass is 16.6. The third kappa shape index (κ3) is 5.10. The lowest BCUT2D eigenvalue weighted by Crippen LogP contribution is -2.60. The maximum absolute atomic E-state index is 12.7. The average Bonchev–Trinajstić information content (AvgIpc) is 3.06. The van der Waals surface area contributed by atoms with Crippen molar-refractivity contribution in [1.82, 2.24) is 0 Å². The molecule has 1 saturated carbocycles. The summed E-state index contributed by atoms with van der Waals surface area (Å²) >= 11 is 0. The van der Waals surface area contributed by atoms with Gasteiger partial charge in [0.05, 0.1) is 18.3 Å². The Labute approximate surface area is 198 Å². The van der Waals surface area contributed by atoms with Gasteiger partial charge in [-0.25, -0.2) is 0 Å². The minimum Gasteiger partial charge on any atom is -0.459 e. The first-order valence-corrected chi connectivity index (χ1v) is 12.8. The molecule has 1 aliphatic carbocycles. The van der Waals surface area contributed by atoms with Crippen LogP contribution >= 0.6 is 0 Å². The third-order valence-electron chi connectivity index (χ3n) is 8.44. The average molecular weight is 469 g/mol. The van der Waals surface area contributed by atoms with Gasteiger partial charge in [-0.3, -0.25) is 9.59 Å². The Morgan fingerprint density at radius 1 is 1.12 bits per heavy atom. The zero-order valence-electron chi connectivity index (χ0n) is 21.4. The molecule has 0 aromatic rings. The molecule has 3 rings (SSSR count). The summed E-state index contributed by atoms with van der Waals surface area (Å²) in [5.41, 5.74) is -1.85. The summed E-state index contributed by atoms with van der Waals surface area (Å²) < 4.78 is 18.8. The standard InChI is InChI=1S/C26H44O7/c1-8-9-20(30)33-25(6)11-10-17(28)15(4)12-19-23-22(24(25)31-19)21(14(2)3)18(29)13-26(23,7)32-16(5)27/h14-15,17-19,21-24,28-29H,8-13H2,1-7H3/t15-,17-,18+,19+,21-,22+,23+,24+,25+,26+/m0/s1. The summed E-state index contributed by atoms with van der Waals surface area (Å²) in [5.74, 6) is -0.909. The lowest BCUT2D eigenvalue weighted by Gasteiger charge is -2.52. The largest absolute Gasteiger partial charge is 0.459 e. The molecule has 0 spiro atoms. The van der Waals surface area contributed by atoms with Crippen LogP contribution in [-0.2, 0) is 23.8 Å². The number of fused-ring (bicyclic) bond motifs is 5. The Morgan fingerprint density at radius 2 is 1.79 bits per heavy atom. The quantitative estimate of drug-likeness (QED) is 0.594. The Morgan fingerprint density at radius 3 is 2.36 bits per heavy atom. The summed E-state index contributed by atoms with van der Waals surface area (Å²) in [6.45, 7) is 13.4. The Bertz CT molecular complexity index is 723. The van der Waals surface area contributed by atoms with E-state index in [0.717, 1.165) is 0 Å². The number of rotatable bonds is 5. The predicted octanol–water partition coefficient (Wildman–Crippen LogP) is 3.63. The molecule has 7 nitrogen and oxygen atoms in total. The van der Waals surface area contributed by atoms with Gasteiger partial charge in [0.15, 0.2) is 0 Å². The second-order valence-electron chi connectivity index (χ2n) is 11.6. The van der Waals surface area contributed by atoms with Crippen LogP contribution in [0.1, 0.15) is 87.0 Å². The number of ether oxygens (including phenoxy) is 3. The van der Waals surface area contributed by atoms with Gasteiger partial charge in [-0.15, -0.1) is 0 Å². The van der Waals surface area contributed by atoms with Crippen molar-refractivity contribution in [2.75, 3.05) is 0 Å². The molecule has 3 aliphatic rings. The van der Waals surface area contributed by atoms with Gasteiger partial charge in [-0.2, -0.15) is 0 Å². The van der Waals surface area contributed by atoms with Crippen molar-refractivity contribution in [3.8, 4) is 0 Å². The van der Waals surface area contributed by atoms with Gasteiger partial charge in [0.1, 0.15) is 17.3 Å². The summed E-state index contributed by atoms with van der Waals surface area (Å²) in [6, 6.07) is 0. The van der Waals surface area contributed by atoms with Crippen molar-refractivity contribution in [3.05, 3.63) is 0 Å². The SMILES string of the molecule is CCCC(=O)O[C@]1(C)CC[C@H](O)[C@@H](C)C[C@H]2O[C@@H]1[C@@H]1[C@@H](C(C)C)[C@H](O)C[C@@](C)(OC(C)=O)[C@@H]12. The number of hydrogen-bond donors (Lipinski definition) is 2. The lowest BCUT2D eigenvalue weighted by atomic mass is 9.56. The van der Waals surface area contributed by atoms with Crippen LogP contribution in [0.5, 0.6) is 0 Å². The fourth-order valence-corrected chi connectivity index (χ4v) is 7.07. The van der Waals surface area contributed by atoms with Gasteiger partial charge in [0.25, 0.3) is 0 Å². The van der Waals surface area contributed by atoms with Gasteiger partial charge in [-0.05, 0) is 57.3 Å². The summed E-state index contributed by atoms with van der Waals surface area (Å²) in [5, 5.41) is 22.1. The minimum absolute atomic E-state index is 0.0194. The first-order chi connectivity index (χ1) is 15.3. The number of aliphatic hydroxyl groups is 2. The first-order valence-electron chi connectivity index (χ1n) is 12.8. The molecule has 2 N–H and O–H groups in total. The molecule has 2 heterocycles. The van der Waals surface area contributed by atoms with Gasteiger partial charge >= 0.3 is 11.9 Å². The Balaban J connectivity index is 2.13. The zero-order chi connectivity index (χ0) is 24.7. The van der Waals surface area contributed by atoms with Crippen LogP contribution in [-0.4, -0.2) is 57.8 Å². The lowest BCUT2D eigenvalue weighted by molar-refractivity contribution is -0.194. The molecule has 0 aromatic heterocycles. The number of carbonyl (C=O) groups is 2. The summed E-state index contributed by atoms with van der Waals surface area (Å²) in [7, 11) is 0. The first kappa shape index (κ1) is 26.4. The molecule has 0 amide bonds. The van der Waals surface area contributed by atoms with E-state index in [1.165, 1.54) is 6.92 Å². The van der Waals surface area contributed by atoms with Gasteiger partial charge in [-0.1, -0.05) is 27.7 Å². The predicted molar refractivity (Wildman–Crippen MR) is 123 cm³/mol. The molecular formula is C26H44O7. The number of hydrogen-bond acceptors (Lipinski definition) is 7. The molecule has 10 atom stereocenters. The number of carbonyl (C=O) groups excluding carboxylic acids is 2. The molecule has 0 radical (unpaired) electrons. The Hall–Kier alpha value is -1.18. The van der Waals surface area contributed by atoms with Crippen LogP contribution in [0.2, 0.25) is 0 Å². The fourth-order valence-electron chi connectivity index (χ4n) is 7.07. The normalized spacial score (nSPS) is 45.5. The molecule has 0 aromatic carbocycles.